The zero-order chi connectivity index (χ0) is 17.8. The smallest absolute Gasteiger partial charge is 0.305 e. The second kappa shape index (κ2) is 7.48. The van der Waals surface area contributed by atoms with Crippen LogP contribution in [-0.4, -0.2) is 52.7 Å². The molecule has 2 heterocycles. The summed E-state index contributed by atoms with van der Waals surface area (Å²) in [6.07, 6.45) is -0.0446. The van der Waals surface area contributed by atoms with Crippen molar-refractivity contribution in [2.24, 2.45) is 0 Å². The first-order chi connectivity index (χ1) is 12.0. The summed E-state index contributed by atoms with van der Waals surface area (Å²) in [6.45, 7) is 2.81. The van der Waals surface area contributed by atoms with Crippen molar-refractivity contribution in [1.82, 2.24) is 9.88 Å². The van der Waals surface area contributed by atoms with Gasteiger partial charge in [0, 0.05) is 12.1 Å². The molecule has 1 aromatic carbocycles. The number of hydrogen-bond acceptors (Lipinski definition) is 5. The fourth-order valence-electron chi connectivity index (χ4n) is 2.89. The quantitative estimate of drug-likeness (QED) is 0.890. The van der Waals surface area contributed by atoms with Crippen molar-refractivity contribution in [3.8, 4) is 11.5 Å². The number of amides is 1. The normalized spacial score (nSPS) is 17.5. The molecule has 0 bridgehead atoms. The number of aliphatic carboxylic acids is 1. The summed E-state index contributed by atoms with van der Waals surface area (Å²) in [5.74, 6) is -0.0388. The van der Waals surface area contributed by atoms with Gasteiger partial charge in [-0.15, -0.1) is 0 Å². The van der Waals surface area contributed by atoms with Crippen molar-refractivity contribution in [3.63, 3.8) is 0 Å². The molecule has 1 N–H and O–H groups in total. The fourth-order valence-corrected chi connectivity index (χ4v) is 2.89. The molecule has 1 aliphatic heterocycles. The number of carbonyl (C=O) groups is 2. The molecule has 0 saturated carbocycles. The number of morpholine rings is 1. The minimum atomic E-state index is -0.947. The minimum Gasteiger partial charge on any atom is -0.481 e. The molecule has 1 unspecified atom stereocenters. The summed E-state index contributed by atoms with van der Waals surface area (Å²) in [6, 6.07) is 9.03. The number of carbonyl (C=O) groups excluding carboxylic acids is 1. The molecule has 25 heavy (non-hydrogen) atoms. The molecule has 1 amide bonds. The topological polar surface area (TPSA) is 92.9 Å². The third-order valence-corrected chi connectivity index (χ3v) is 4.19. The Bertz CT molecular complexity index is 756. The van der Waals surface area contributed by atoms with E-state index < -0.39 is 12.0 Å². The van der Waals surface area contributed by atoms with Crippen molar-refractivity contribution in [1.29, 1.82) is 0 Å². The van der Waals surface area contributed by atoms with Gasteiger partial charge in [-0.2, -0.15) is 0 Å². The average Bonchev–Trinajstić information content (AvgIpc) is 2.96. The van der Waals surface area contributed by atoms with Gasteiger partial charge in [-0.25, -0.2) is 4.98 Å². The van der Waals surface area contributed by atoms with Crippen LogP contribution in [0.25, 0.3) is 11.5 Å². The third-order valence-electron chi connectivity index (χ3n) is 4.19. The molecule has 0 radical (unpaired) electrons. The van der Waals surface area contributed by atoms with E-state index >= 15 is 0 Å². The van der Waals surface area contributed by atoms with E-state index in [0.717, 1.165) is 5.56 Å². The van der Waals surface area contributed by atoms with Gasteiger partial charge in [-0.1, -0.05) is 18.2 Å². The van der Waals surface area contributed by atoms with Gasteiger partial charge in [0.15, 0.2) is 0 Å². The maximum absolute atomic E-state index is 12.7. The van der Waals surface area contributed by atoms with E-state index in [0.29, 0.717) is 30.5 Å². The van der Waals surface area contributed by atoms with Gasteiger partial charge in [-0.05, 0) is 19.1 Å². The summed E-state index contributed by atoms with van der Waals surface area (Å²) in [5, 5.41) is 9.01. The monoisotopic (exact) mass is 344 g/mol. The maximum Gasteiger partial charge on any atom is 0.305 e. The summed E-state index contributed by atoms with van der Waals surface area (Å²) < 4.78 is 11.0. The van der Waals surface area contributed by atoms with E-state index in [1.54, 1.807) is 11.8 Å². The highest BCUT2D eigenvalue weighted by Gasteiger charge is 2.30. The fraction of sp³-hybridized carbons (Fsp3) is 0.389. The highest BCUT2D eigenvalue weighted by atomic mass is 16.5. The van der Waals surface area contributed by atoms with Gasteiger partial charge in [0.1, 0.15) is 5.76 Å². The van der Waals surface area contributed by atoms with Crippen LogP contribution in [0.2, 0.25) is 0 Å². The van der Waals surface area contributed by atoms with E-state index in [-0.39, 0.29) is 25.4 Å². The number of benzene rings is 1. The summed E-state index contributed by atoms with van der Waals surface area (Å²) in [4.78, 5) is 29.7. The Morgan fingerprint density at radius 2 is 2.08 bits per heavy atom. The Hall–Kier alpha value is -2.67. The van der Waals surface area contributed by atoms with Crippen molar-refractivity contribution in [2.75, 3.05) is 19.8 Å². The lowest BCUT2D eigenvalue weighted by molar-refractivity contribution is -0.145. The van der Waals surface area contributed by atoms with E-state index in [4.69, 9.17) is 14.3 Å². The highest BCUT2D eigenvalue weighted by molar-refractivity contribution is 5.80. The molecular formula is C18H20N2O5. The van der Waals surface area contributed by atoms with Crippen LogP contribution in [-0.2, 0) is 20.7 Å². The summed E-state index contributed by atoms with van der Waals surface area (Å²) >= 11 is 0. The molecule has 1 fully saturated rings. The Morgan fingerprint density at radius 3 is 2.80 bits per heavy atom. The van der Waals surface area contributed by atoms with Crippen molar-refractivity contribution < 1.29 is 23.8 Å². The summed E-state index contributed by atoms with van der Waals surface area (Å²) in [5.41, 5.74) is 1.42. The first-order valence-electron chi connectivity index (χ1n) is 8.15. The predicted octanol–water partition coefficient (Wildman–Crippen LogP) is 1.89. The molecule has 1 aromatic heterocycles. The van der Waals surface area contributed by atoms with E-state index in [1.165, 1.54) is 0 Å². The molecule has 1 saturated heterocycles. The Balaban J connectivity index is 1.74. The van der Waals surface area contributed by atoms with Gasteiger partial charge in [0.05, 0.1) is 37.8 Å². The standard InChI is InChI=1S/C18H20N2O5/c1-12-15(19-18(25-12)13-5-3-2-4-6-13)10-16(21)20-7-8-24-11-14(20)9-17(22)23/h2-6,14H,7-11H2,1H3,(H,22,23). The number of hydrogen-bond donors (Lipinski definition) is 1. The van der Waals surface area contributed by atoms with Crippen LogP contribution in [0.15, 0.2) is 34.7 Å². The molecule has 0 spiro atoms. The maximum atomic E-state index is 12.7. The molecule has 0 aliphatic carbocycles. The lowest BCUT2D eigenvalue weighted by Gasteiger charge is -2.34. The van der Waals surface area contributed by atoms with Crippen molar-refractivity contribution in [3.05, 3.63) is 41.8 Å². The minimum absolute atomic E-state index is 0.0816. The number of ether oxygens (including phenoxy) is 1. The number of carboxylic acids is 1. The second-order valence-electron chi connectivity index (χ2n) is 5.98. The van der Waals surface area contributed by atoms with Crippen molar-refractivity contribution in [2.45, 2.75) is 25.8 Å². The molecule has 1 aliphatic rings. The molecular weight excluding hydrogens is 324 g/mol. The Labute approximate surface area is 145 Å². The number of aromatic nitrogens is 1. The second-order valence-corrected chi connectivity index (χ2v) is 5.98. The molecule has 132 valence electrons. The number of nitrogens with zero attached hydrogens (tertiary/aromatic N) is 2. The van der Waals surface area contributed by atoms with E-state index in [1.807, 2.05) is 30.3 Å². The van der Waals surface area contributed by atoms with Crippen LogP contribution in [0.1, 0.15) is 17.9 Å². The molecule has 7 heteroatoms. The van der Waals surface area contributed by atoms with E-state index in [9.17, 15) is 9.59 Å². The first-order valence-corrected chi connectivity index (χ1v) is 8.15. The number of rotatable bonds is 5. The van der Waals surface area contributed by atoms with E-state index in [2.05, 4.69) is 4.98 Å². The lowest BCUT2D eigenvalue weighted by atomic mass is 10.1. The number of oxazole rings is 1. The summed E-state index contributed by atoms with van der Waals surface area (Å²) in [7, 11) is 0. The first kappa shape index (κ1) is 17.2. The van der Waals surface area contributed by atoms with Crippen molar-refractivity contribution >= 4 is 11.9 Å². The molecule has 3 rings (SSSR count). The lowest BCUT2D eigenvalue weighted by Crippen LogP contribution is -2.50. The Morgan fingerprint density at radius 1 is 1.32 bits per heavy atom. The van der Waals surface area contributed by atoms with Crippen LogP contribution in [0.3, 0.4) is 0 Å². The zero-order valence-electron chi connectivity index (χ0n) is 14.0. The van der Waals surface area contributed by atoms with Crippen LogP contribution in [0.5, 0.6) is 0 Å². The van der Waals surface area contributed by atoms with Crippen LogP contribution >= 0.6 is 0 Å². The van der Waals surface area contributed by atoms with Gasteiger partial charge < -0.3 is 19.2 Å². The van der Waals surface area contributed by atoms with Gasteiger partial charge in [0.25, 0.3) is 0 Å². The molecule has 1 atom stereocenters. The molecule has 7 nitrogen and oxygen atoms in total. The third kappa shape index (κ3) is 4.06. The number of carboxylic acid groups (broad SMARTS) is 1. The van der Waals surface area contributed by atoms with Gasteiger partial charge in [0.2, 0.25) is 11.8 Å². The largest absolute Gasteiger partial charge is 0.481 e. The number of aryl methyl sites for hydroxylation is 1. The van der Waals surface area contributed by atoms with Gasteiger partial charge in [-0.3, -0.25) is 9.59 Å². The highest BCUT2D eigenvalue weighted by Crippen LogP contribution is 2.22. The molecule has 2 aromatic rings. The SMILES string of the molecule is Cc1oc(-c2ccccc2)nc1CC(=O)N1CCOCC1CC(=O)O. The average molecular weight is 344 g/mol. The zero-order valence-corrected chi connectivity index (χ0v) is 14.0. The predicted molar refractivity (Wildman–Crippen MR) is 89.0 cm³/mol. The Kier molecular flexibility index (Phi) is 5.14. The van der Waals surface area contributed by atoms with Crippen LogP contribution < -0.4 is 0 Å². The van der Waals surface area contributed by atoms with Crippen LogP contribution in [0.4, 0.5) is 0 Å². The van der Waals surface area contributed by atoms with Gasteiger partial charge >= 0.3 is 5.97 Å². The van der Waals surface area contributed by atoms with Crippen LogP contribution in [0, 0.1) is 6.92 Å².